The lowest BCUT2D eigenvalue weighted by atomic mass is 10.0. The summed E-state index contributed by atoms with van der Waals surface area (Å²) in [5, 5.41) is 18.1. The fraction of sp³-hybridized carbons (Fsp3) is 0.316. The average molecular weight is 353 g/mol. The van der Waals surface area contributed by atoms with Gasteiger partial charge in [0.25, 0.3) is 5.91 Å². The molecule has 1 aromatic carbocycles. The van der Waals surface area contributed by atoms with Crippen molar-refractivity contribution in [3.05, 3.63) is 59.4 Å². The number of phenols is 1. The van der Waals surface area contributed by atoms with Gasteiger partial charge in [0, 0.05) is 61.8 Å². The lowest BCUT2D eigenvalue weighted by Crippen LogP contribution is -2.42. The van der Waals surface area contributed by atoms with Gasteiger partial charge in [-0.25, -0.2) is 5.43 Å². The molecule has 0 aliphatic carbocycles. The molecular weight excluding hydrogens is 330 g/mol. The SMILES string of the molecule is C/C(=N/NC(=O)c1ccncc1)c1cccc(CN2CCNCC2)c1O. The van der Waals surface area contributed by atoms with Crippen LogP contribution in [-0.2, 0) is 6.54 Å². The molecule has 3 rings (SSSR count). The van der Waals surface area contributed by atoms with Gasteiger partial charge in [-0.1, -0.05) is 12.1 Å². The van der Waals surface area contributed by atoms with E-state index in [2.05, 4.69) is 25.7 Å². The summed E-state index contributed by atoms with van der Waals surface area (Å²) >= 11 is 0. The summed E-state index contributed by atoms with van der Waals surface area (Å²) in [7, 11) is 0. The molecule has 136 valence electrons. The number of hydrogen-bond acceptors (Lipinski definition) is 6. The van der Waals surface area contributed by atoms with E-state index in [1.807, 2.05) is 12.1 Å². The molecule has 1 fully saturated rings. The van der Waals surface area contributed by atoms with Crippen LogP contribution in [0.2, 0.25) is 0 Å². The minimum Gasteiger partial charge on any atom is -0.507 e. The topological polar surface area (TPSA) is 89.9 Å². The number of aromatic hydroxyl groups is 1. The maximum atomic E-state index is 12.1. The van der Waals surface area contributed by atoms with Gasteiger partial charge >= 0.3 is 0 Å². The van der Waals surface area contributed by atoms with E-state index in [4.69, 9.17) is 0 Å². The number of hydrazone groups is 1. The third kappa shape index (κ3) is 4.44. The highest BCUT2D eigenvalue weighted by atomic mass is 16.3. The fourth-order valence-electron chi connectivity index (χ4n) is 2.88. The minimum atomic E-state index is -0.316. The highest BCUT2D eigenvalue weighted by molar-refractivity contribution is 6.02. The molecule has 0 saturated carbocycles. The van der Waals surface area contributed by atoms with Gasteiger partial charge in [0.2, 0.25) is 0 Å². The van der Waals surface area contributed by atoms with E-state index in [9.17, 15) is 9.90 Å². The number of nitrogens with one attached hydrogen (secondary N) is 2. The van der Waals surface area contributed by atoms with E-state index in [-0.39, 0.29) is 11.7 Å². The van der Waals surface area contributed by atoms with Crippen LogP contribution >= 0.6 is 0 Å². The lowest BCUT2D eigenvalue weighted by molar-refractivity contribution is 0.0954. The fourth-order valence-corrected chi connectivity index (χ4v) is 2.88. The predicted octanol–water partition coefficient (Wildman–Crippen LogP) is 1.35. The zero-order valence-electron chi connectivity index (χ0n) is 14.8. The molecule has 0 atom stereocenters. The molecule has 0 radical (unpaired) electrons. The molecule has 2 heterocycles. The second-order valence-corrected chi connectivity index (χ2v) is 6.21. The Kier molecular flexibility index (Phi) is 5.93. The summed E-state index contributed by atoms with van der Waals surface area (Å²) in [5.74, 6) is -0.103. The predicted molar refractivity (Wildman–Crippen MR) is 100 cm³/mol. The highest BCUT2D eigenvalue weighted by Crippen LogP contribution is 2.24. The number of phenolic OH excluding ortho intramolecular Hbond substituents is 1. The van der Waals surface area contributed by atoms with Crippen molar-refractivity contribution in [3.8, 4) is 5.75 Å². The van der Waals surface area contributed by atoms with E-state index >= 15 is 0 Å². The number of carbonyl (C=O) groups excluding carboxylic acids is 1. The smallest absolute Gasteiger partial charge is 0.271 e. The Bertz CT molecular complexity index is 786. The number of pyridine rings is 1. The molecule has 1 aromatic heterocycles. The van der Waals surface area contributed by atoms with Crippen LogP contribution in [0.1, 0.15) is 28.4 Å². The van der Waals surface area contributed by atoms with E-state index < -0.39 is 0 Å². The summed E-state index contributed by atoms with van der Waals surface area (Å²) in [6.45, 7) is 6.29. The number of nitrogens with zero attached hydrogens (tertiary/aromatic N) is 3. The first-order chi connectivity index (χ1) is 12.6. The average Bonchev–Trinajstić information content (AvgIpc) is 2.69. The van der Waals surface area contributed by atoms with Crippen LogP contribution in [0.3, 0.4) is 0 Å². The summed E-state index contributed by atoms with van der Waals surface area (Å²) in [6, 6.07) is 8.85. The third-order valence-corrected chi connectivity index (χ3v) is 4.38. The second kappa shape index (κ2) is 8.55. The molecule has 1 aliphatic heterocycles. The van der Waals surface area contributed by atoms with Crippen molar-refractivity contribution < 1.29 is 9.90 Å². The van der Waals surface area contributed by atoms with Gasteiger partial charge in [-0.3, -0.25) is 14.7 Å². The Labute approximate surface area is 152 Å². The van der Waals surface area contributed by atoms with Gasteiger partial charge in [0.05, 0.1) is 5.71 Å². The van der Waals surface area contributed by atoms with Crippen LogP contribution in [0.5, 0.6) is 5.75 Å². The number of amides is 1. The van der Waals surface area contributed by atoms with E-state index in [1.165, 1.54) is 0 Å². The summed E-state index contributed by atoms with van der Waals surface area (Å²) in [5.41, 5.74) is 5.02. The van der Waals surface area contributed by atoms with E-state index in [1.54, 1.807) is 37.5 Å². The molecule has 0 unspecified atom stereocenters. The molecule has 1 amide bonds. The van der Waals surface area contributed by atoms with Crippen LogP contribution in [0, 0.1) is 0 Å². The van der Waals surface area contributed by atoms with Crippen LogP contribution in [0.25, 0.3) is 0 Å². The molecule has 3 N–H and O–H groups in total. The number of benzene rings is 1. The highest BCUT2D eigenvalue weighted by Gasteiger charge is 2.15. The normalized spacial score (nSPS) is 15.7. The van der Waals surface area contributed by atoms with Gasteiger partial charge in [-0.05, 0) is 25.1 Å². The Morgan fingerprint density at radius 3 is 2.73 bits per heavy atom. The molecular formula is C19H23N5O2. The van der Waals surface area contributed by atoms with Gasteiger partial charge in [-0.2, -0.15) is 5.10 Å². The number of aromatic nitrogens is 1. The second-order valence-electron chi connectivity index (χ2n) is 6.21. The Balaban J connectivity index is 1.71. The van der Waals surface area contributed by atoms with Crippen LogP contribution in [-0.4, -0.2) is 52.8 Å². The van der Waals surface area contributed by atoms with Crippen molar-refractivity contribution in [1.82, 2.24) is 20.6 Å². The molecule has 26 heavy (non-hydrogen) atoms. The van der Waals surface area contributed by atoms with Crippen molar-refractivity contribution in [1.29, 1.82) is 0 Å². The zero-order chi connectivity index (χ0) is 18.4. The summed E-state index contributed by atoms with van der Waals surface area (Å²) in [4.78, 5) is 18.3. The van der Waals surface area contributed by atoms with E-state index in [0.717, 1.165) is 31.7 Å². The number of piperazine rings is 1. The molecule has 0 bridgehead atoms. The lowest BCUT2D eigenvalue weighted by Gasteiger charge is -2.27. The third-order valence-electron chi connectivity index (χ3n) is 4.38. The number of carbonyl (C=O) groups is 1. The molecule has 1 saturated heterocycles. The number of rotatable bonds is 5. The monoisotopic (exact) mass is 353 g/mol. The first kappa shape index (κ1) is 18.0. The van der Waals surface area contributed by atoms with Crippen LogP contribution in [0.4, 0.5) is 0 Å². The van der Waals surface area contributed by atoms with Crippen molar-refractivity contribution in [3.63, 3.8) is 0 Å². The molecule has 7 heteroatoms. The van der Waals surface area contributed by atoms with Crippen molar-refractivity contribution in [2.75, 3.05) is 26.2 Å². The Hall–Kier alpha value is -2.77. The molecule has 2 aromatic rings. The zero-order valence-corrected chi connectivity index (χ0v) is 14.8. The van der Waals surface area contributed by atoms with Crippen LogP contribution < -0.4 is 10.7 Å². The molecule has 7 nitrogen and oxygen atoms in total. The van der Waals surface area contributed by atoms with Crippen molar-refractivity contribution in [2.45, 2.75) is 13.5 Å². The van der Waals surface area contributed by atoms with E-state index in [0.29, 0.717) is 23.4 Å². The molecule has 0 spiro atoms. The quantitative estimate of drug-likeness (QED) is 0.558. The Morgan fingerprint density at radius 2 is 2.00 bits per heavy atom. The van der Waals surface area contributed by atoms with Gasteiger partial charge < -0.3 is 10.4 Å². The summed E-state index contributed by atoms with van der Waals surface area (Å²) in [6.07, 6.45) is 3.10. The maximum Gasteiger partial charge on any atom is 0.271 e. The summed E-state index contributed by atoms with van der Waals surface area (Å²) < 4.78 is 0. The standard InChI is InChI=1S/C19H23N5O2/c1-14(22-23-19(26)15-5-7-20-8-6-15)17-4-2-3-16(18(17)25)13-24-11-9-21-10-12-24/h2-8,21,25H,9-13H2,1H3,(H,23,26)/b22-14-. The minimum absolute atomic E-state index is 0.213. The number of hydrogen-bond donors (Lipinski definition) is 3. The van der Waals surface area contributed by atoms with Crippen molar-refractivity contribution in [2.24, 2.45) is 5.10 Å². The largest absolute Gasteiger partial charge is 0.507 e. The first-order valence-corrected chi connectivity index (χ1v) is 8.64. The maximum absolute atomic E-state index is 12.1. The van der Waals surface area contributed by atoms with Crippen molar-refractivity contribution >= 4 is 11.6 Å². The first-order valence-electron chi connectivity index (χ1n) is 8.64. The van der Waals surface area contributed by atoms with Gasteiger partial charge in [0.1, 0.15) is 5.75 Å². The van der Waals surface area contributed by atoms with Gasteiger partial charge in [0.15, 0.2) is 0 Å². The molecule has 1 aliphatic rings. The number of para-hydroxylation sites is 1. The Morgan fingerprint density at radius 1 is 1.27 bits per heavy atom. The van der Waals surface area contributed by atoms with Crippen LogP contribution in [0.15, 0.2) is 47.8 Å². The van der Waals surface area contributed by atoms with Gasteiger partial charge in [-0.15, -0.1) is 0 Å².